The number of aliphatic hydroxyl groups is 1. The molecule has 0 saturated carbocycles. The number of ether oxygens (including phenoxy) is 2. The second kappa shape index (κ2) is 7.44. The van der Waals surface area contributed by atoms with Gasteiger partial charge in [0.1, 0.15) is 30.3 Å². The number of nitrogens with two attached hydrogens (primary N) is 1. The van der Waals surface area contributed by atoms with Crippen LogP contribution in [0.3, 0.4) is 0 Å². The van der Waals surface area contributed by atoms with Crippen LogP contribution in [0.25, 0.3) is 11.0 Å². The predicted octanol–water partition coefficient (Wildman–Crippen LogP) is 1.98. The number of aromatic nitrogens is 2. The fourth-order valence-corrected chi connectivity index (χ4v) is 3.02. The van der Waals surface area contributed by atoms with Crippen LogP contribution in [0.5, 0.6) is 11.5 Å². The summed E-state index contributed by atoms with van der Waals surface area (Å²) in [6.07, 6.45) is -0.701. The largest absolute Gasteiger partial charge is 0.493 e. The van der Waals surface area contributed by atoms with Crippen LogP contribution in [0.2, 0.25) is 0 Å². The van der Waals surface area contributed by atoms with Crippen molar-refractivity contribution >= 4 is 17.0 Å². The highest BCUT2D eigenvalue weighted by Gasteiger charge is 2.22. The average molecular weight is 342 g/mol. The molecular formula is C19H24N3O3+. The Morgan fingerprint density at radius 2 is 1.80 bits per heavy atom. The number of benzene rings is 2. The van der Waals surface area contributed by atoms with Gasteiger partial charge in [-0.25, -0.2) is 9.13 Å². The van der Waals surface area contributed by atoms with E-state index < -0.39 is 6.10 Å². The number of hydrogen-bond donors (Lipinski definition) is 2. The first-order valence-corrected chi connectivity index (χ1v) is 8.36. The number of para-hydroxylation sites is 4. The number of rotatable bonds is 7. The maximum absolute atomic E-state index is 10.4. The molecule has 0 amide bonds. The second-order valence-electron chi connectivity index (χ2n) is 5.82. The third-order valence-electron chi connectivity index (χ3n) is 4.23. The van der Waals surface area contributed by atoms with Gasteiger partial charge >= 0.3 is 5.95 Å². The van der Waals surface area contributed by atoms with Crippen molar-refractivity contribution in [2.75, 3.05) is 19.5 Å². The summed E-state index contributed by atoms with van der Waals surface area (Å²) in [5.74, 6) is 1.88. The van der Waals surface area contributed by atoms with Gasteiger partial charge in [0.25, 0.3) is 0 Å². The van der Waals surface area contributed by atoms with E-state index in [0.29, 0.717) is 24.0 Å². The van der Waals surface area contributed by atoms with Crippen LogP contribution in [0, 0.1) is 0 Å². The maximum Gasteiger partial charge on any atom is 0.356 e. The highest BCUT2D eigenvalue weighted by molar-refractivity contribution is 5.73. The molecule has 0 aliphatic carbocycles. The van der Waals surface area contributed by atoms with Gasteiger partial charge in [0.15, 0.2) is 11.5 Å². The molecule has 1 aromatic heterocycles. The van der Waals surface area contributed by atoms with Crippen LogP contribution in [0.1, 0.15) is 6.92 Å². The Labute approximate surface area is 147 Å². The minimum absolute atomic E-state index is 0.151. The van der Waals surface area contributed by atoms with Crippen molar-refractivity contribution in [1.82, 2.24) is 4.57 Å². The van der Waals surface area contributed by atoms with Gasteiger partial charge in [0, 0.05) is 0 Å². The highest BCUT2D eigenvalue weighted by Crippen LogP contribution is 2.25. The molecule has 6 heteroatoms. The van der Waals surface area contributed by atoms with Gasteiger partial charge in [-0.3, -0.25) is 5.73 Å². The molecule has 1 unspecified atom stereocenters. The van der Waals surface area contributed by atoms with E-state index in [4.69, 9.17) is 15.2 Å². The number of anilines is 1. The fraction of sp³-hybridized carbons (Fsp3) is 0.316. The molecule has 1 heterocycles. The van der Waals surface area contributed by atoms with Gasteiger partial charge in [-0.15, -0.1) is 0 Å². The van der Waals surface area contributed by atoms with Crippen LogP contribution < -0.4 is 19.8 Å². The molecule has 25 heavy (non-hydrogen) atoms. The summed E-state index contributed by atoms with van der Waals surface area (Å²) in [6.45, 7) is 3.33. The van der Waals surface area contributed by atoms with Crippen LogP contribution in [-0.2, 0) is 13.1 Å². The van der Waals surface area contributed by atoms with Gasteiger partial charge in [-0.05, 0) is 31.2 Å². The SMILES string of the molecule is CCn1c(N)[n+](CC(O)COc2ccccc2OC)c2ccccc21. The van der Waals surface area contributed by atoms with Gasteiger partial charge in [0.2, 0.25) is 0 Å². The van der Waals surface area contributed by atoms with E-state index in [9.17, 15) is 5.11 Å². The first-order valence-electron chi connectivity index (χ1n) is 8.36. The van der Waals surface area contributed by atoms with Crippen molar-refractivity contribution in [3.8, 4) is 11.5 Å². The Morgan fingerprint density at radius 1 is 1.12 bits per heavy atom. The lowest BCUT2D eigenvalue weighted by molar-refractivity contribution is -0.665. The van der Waals surface area contributed by atoms with Crippen molar-refractivity contribution < 1.29 is 19.1 Å². The van der Waals surface area contributed by atoms with Crippen LogP contribution >= 0.6 is 0 Å². The zero-order chi connectivity index (χ0) is 17.8. The van der Waals surface area contributed by atoms with Crippen molar-refractivity contribution in [2.24, 2.45) is 0 Å². The molecule has 132 valence electrons. The Bertz CT molecular complexity index is 860. The summed E-state index contributed by atoms with van der Waals surface area (Å²) in [7, 11) is 1.59. The van der Waals surface area contributed by atoms with Crippen molar-refractivity contribution in [1.29, 1.82) is 0 Å². The lowest BCUT2D eigenvalue weighted by Crippen LogP contribution is -2.43. The molecule has 0 spiro atoms. The highest BCUT2D eigenvalue weighted by atomic mass is 16.5. The molecule has 3 rings (SSSR count). The normalized spacial score (nSPS) is 12.3. The third kappa shape index (κ3) is 3.39. The number of imidazole rings is 1. The molecule has 0 aliphatic rings. The minimum atomic E-state index is -0.701. The first kappa shape index (κ1) is 17.1. The summed E-state index contributed by atoms with van der Waals surface area (Å²) in [5.41, 5.74) is 8.34. The molecule has 3 N–H and O–H groups in total. The number of nitrogen functional groups attached to an aromatic ring is 1. The number of aliphatic hydroxyl groups excluding tert-OH is 1. The minimum Gasteiger partial charge on any atom is -0.493 e. The topological polar surface area (TPSA) is 73.5 Å². The molecule has 0 radical (unpaired) electrons. The molecule has 0 fully saturated rings. The number of nitrogens with zero attached hydrogens (tertiary/aromatic N) is 2. The summed E-state index contributed by atoms with van der Waals surface area (Å²) < 4.78 is 14.9. The monoisotopic (exact) mass is 342 g/mol. The van der Waals surface area contributed by atoms with Crippen molar-refractivity contribution in [3.05, 3.63) is 48.5 Å². The molecular weight excluding hydrogens is 318 g/mol. The molecule has 6 nitrogen and oxygen atoms in total. The van der Waals surface area contributed by atoms with Crippen molar-refractivity contribution in [3.63, 3.8) is 0 Å². The molecule has 2 aromatic carbocycles. The van der Waals surface area contributed by atoms with E-state index in [1.165, 1.54) is 0 Å². The molecule has 1 atom stereocenters. The quantitative estimate of drug-likeness (QED) is 0.644. The van der Waals surface area contributed by atoms with Gasteiger partial charge in [-0.2, -0.15) is 0 Å². The Balaban J connectivity index is 1.76. The van der Waals surface area contributed by atoms with Crippen LogP contribution in [0.4, 0.5) is 5.95 Å². The summed E-state index contributed by atoms with van der Waals surface area (Å²) in [5, 5.41) is 10.4. The zero-order valence-electron chi connectivity index (χ0n) is 14.6. The maximum atomic E-state index is 10.4. The van der Waals surface area contributed by atoms with Crippen LogP contribution in [-0.4, -0.2) is 29.5 Å². The fourth-order valence-electron chi connectivity index (χ4n) is 3.02. The van der Waals surface area contributed by atoms with Crippen LogP contribution in [0.15, 0.2) is 48.5 Å². The van der Waals surface area contributed by atoms with E-state index in [2.05, 4.69) is 0 Å². The summed E-state index contributed by atoms with van der Waals surface area (Å²) in [6, 6.07) is 15.4. The molecule has 0 saturated heterocycles. The number of aryl methyl sites for hydroxylation is 1. The Hall–Kier alpha value is -2.73. The average Bonchev–Trinajstić information content (AvgIpc) is 2.91. The van der Waals surface area contributed by atoms with E-state index >= 15 is 0 Å². The molecule has 0 aliphatic heterocycles. The number of methoxy groups -OCH3 is 1. The lowest BCUT2D eigenvalue weighted by Gasteiger charge is -2.14. The van der Waals surface area contributed by atoms with E-state index in [0.717, 1.165) is 17.6 Å². The van der Waals surface area contributed by atoms with Gasteiger partial charge in [0.05, 0.1) is 13.7 Å². The second-order valence-corrected chi connectivity index (χ2v) is 5.82. The Kier molecular flexibility index (Phi) is 5.09. The Morgan fingerprint density at radius 3 is 2.52 bits per heavy atom. The lowest BCUT2D eigenvalue weighted by atomic mass is 10.3. The van der Waals surface area contributed by atoms with E-state index in [1.54, 1.807) is 7.11 Å². The van der Waals surface area contributed by atoms with Gasteiger partial charge in [-0.1, -0.05) is 24.3 Å². The standard InChI is InChI=1S/C19H23N3O3/c1-3-21-15-8-4-5-9-16(15)22(19(21)20)12-14(23)13-25-18-11-7-6-10-17(18)24-2/h4-11,14,20,23H,3,12-13H2,1-2H3/p+1. The summed E-state index contributed by atoms with van der Waals surface area (Å²) in [4.78, 5) is 0. The van der Waals surface area contributed by atoms with E-state index in [-0.39, 0.29) is 6.61 Å². The third-order valence-corrected chi connectivity index (χ3v) is 4.23. The number of fused-ring (bicyclic) bond motifs is 1. The van der Waals surface area contributed by atoms with E-state index in [1.807, 2.05) is 64.6 Å². The smallest absolute Gasteiger partial charge is 0.356 e. The predicted molar refractivity (Wildman–Crippen MR) is 96.7 cm³/mol. The van der Waals surface area contributed by atoms with Gasteiger partial charge < -0.3 is 14.6 Å². The number of hydrogen-bond acceptors (Lipinski definition) is 4. The van der Waals surface area contributed by atoms with Crippen molar-refractivity contribution in [2.45, 2.75) is 26.1 Å². The summed E-state index contributed by atoms with van der Waals surface area (Å²) >= 11 is 0. The molecule has 0 bridgehead atoms. The molecule has 3 aromatic rings. The zero-order valence-corrected chi connectivity index (χ0v) is 14.6. The first-order chi connectivity index (χ1) is 12.2.